The van der Waals surface area contributed by atoms with Crippen molar-refractivity contribution in [1.82, 2.24) is 10.2 Å². The van der Waals surface area contributed by atoms with E-state index < -0.39 is 67.1 Å². The predicted octanol–water partition coefficient (Wildman–Crippen LogP) is 2.39. The van der Waals surface area contributed by atoms with Crippen LogP contribution in [0.4, 0.5) is 0 Å². The number of phenols is 1. The van der Waals surface area contributed by atoms with Gasteiger partial charge >= 0.3 is 0 Å². The average molecular weight is 797 g/mol. The van der Waals surface area contributed by atoms with E-state index in [0.717, 1.165) is 12.1 Å². The zero-order valence-corrected chi connectivity index (χ0v) is 32.0. The second kappa shape index (κ2) is 18.6. The second-order valence-electron chi connectivity index (χ2n) is 14.5. The number of nitrogens with zero attached hydrogens (tertiary/aromatic N) is 1. The molecule has 6 rings (SSSR count). The Morgan fingerprint density at radius 2 is 1.61 bits per heavy atom. The molecule has 3 aromatic carbocycles. The van der Waals surface area contributed by atoms with Gasteiger partial charge in [-0.2, -0.15) is 0 Å². The van der Waals surface area contributed by atoms with Gasteiger partial charge in [0.05, 0.1) is 17.7 Å². The summed E-state index contributed by atoms with van der Waals surface area (Å²) in [5.74, 6) is -0.258. The zero-order valence-electron chi connectivity index (χ0n) is 31.3. The van der Waals surface area contributed by atoms with Crippen LogP contribution in [0.1, 0.15) is 36.1 Å². The van der Waals surface area contributed by atoms with Crippen molar-refractivity contribution in [2.24, 2.45) is 0 Å². The van der Waals surface area contributed by atoms with Crippen molar-refractivity contribution in [1.29, 1.82) is 0 Å². The lowest BCUT2D eigenvalue weighted by atomic mass is 9.83. The third-order valence-corrected chi connectivity index (χ3v) is 10.5. The summed E-state index contributed by atoms with van der Waals surface area (Å²) in [5.41, 5.74) is 3.91. The molecule has 14 nitrogen and oxygen atoms in total. The topological polar surface area (TPSA) is 200 Å². The molecule has 0 radical (unpaired) electrons. The normalized spacial score (nSPS) is 29.4. The molecule has 10 atom stereocenters. The number of phenolic OH excluding ortho intramolecular Hbond substituents is 1. The van der Waals surface area contributed by atoms with E-state index in [1.54, 1.807) is 25.1 Å². The van der Waals surface area contributed by atoms with Gasteiger partial charge in [0.25, 0.3) is 0 Å². The third-order valence-electron chi connectivity index (χ3n) is 10.2. The minimum Gasteiger partial charge on any atom is -0.508 e. The van der Waals surface area contributed by atoms with Crippen molar-refractivity contribution in [3.8, 4) is 11.5 Å². The number of benzene rings is 3. The number of hydrogen-bond acceptors (Lipinski definition) is 13. The van der Waals surface area contributed by atoms with E-state index in [0.29, 0.717) is 34.0 Å². The van der Waals surface area contributed by atoms with Crippen LogP contribution < -0.4 is 10.1 Å². The molecule has 3 fully saturated rings. The molecule has 0 bridgehead atoms. The minimum atomic E-state index is -1.49. The van der Waals surface area contributed by atoms with E-state index >= 15 is 0 Å². The van der Waals surface area contributed by atoms with E-state index in [1.165, 1.54) is 24.6 Å². The maximum Gasteiger partial charge on any atom is 0.247 e. The Hall–Kier alpha value is -3.90. The van der Waals surface area contributed by atoms with Gasteiger partial charge in [-0.05, 0) is 73.5 Å². The largest absolute Gasteiger partial charge is 0.508 e. The second-order valence-corrected chi connectivity index (χ2v) is 14.9. The highest BCUT2D eigenvalue weighted by atomic mass is 35.5. The number of aliphatic hydroxyl groups excluding tert-OH is 5. The highest BCUT2D eigenvalue weighted by Crippen LogP contribution is 2.32. The number of aliphatic hydroxyl groups is 5. The smallest absolute Gasteiger partial charge is 0.247 e. The van der Waals surface area contributed by atoms with Gasteiger partial charge in [0.15, 0.2) is 6.29 Å². The fraction of sp³-hybridized carbons (Fsp3) is 0.439. The fourth-order valence-corrected chi connectivity index (χ4v) is 7.32. The van der Waals surface area contributed by atoms with Crippen molar-refractivity contribution in [3.63, 3.8) is 0 Å². The number of hydrogen-bond donors (Lipinski definition) is 7. The number of nitrogens with one attached hydrogen (secondary N) is 1. The quantitative estimate of drug-likeness (QED) is 0.0928. The first kappa shape index (κ1) is 41.7. The van der Waals surface area contributed by atoms with Crippen molar-refractivity contribution >= 4 is 23.6 Å². The van der Waals surface area contributed by atoms with E-state index in [9.17, 15) is 35.4 Å². The standard InChI is InChI=1S/C41H49ClN2O12/c1-22(13-14-52-30-12-10-26(16-28(30)42)19-44(3)18-24-7-5-4-6-8-24)37-35(49)36(50)41(56-37)53-20-27-11-9-25(17-29(27)45)15-23(2)40(51)43-31-32(46)34(48)39-38(33(31)47)54-21-55-39/h4-13,15-17,31-39,41,45-50H,14,18-21H2,1-3H3,(H,43,51)/b22-13+,23-15+/t31?,32-,33+,34+,35-,36-,37+,38-,39+,41+/m0/s1. The highest BCUT2D eigenvalue weighted by Gasteiger charge is 2.53. The summed E-state index contributed by atoms with van der Waals surface area (Å²) in [4.78, 5) is 15.1. The average Bonchev–Trinajstić information content (AvgIpc) is 3.78. The summed E-state index contributed by atoms with van der Waals surface area (Å²) < 4.78 is 28.1. The van der Waals surface area contributed by atoms with Gasteiger partial charge in [0.1, 0.15) is 73.7 Å². The fourth-order valence-electron chi connectivity index (χ4n) is 7.06. The SMILES string of the molecule is C/C(=C\c1ccc(CO[C@@H]2O[C@H](/C(C)=C/COc3ccc(CN(C)Cc4ccccc4)cc3Cl)[C@@H](O)[C@@H]2O)c(O)c1)C(=O)NC1[C@@H](O)[C@@H]2OCO[C@@H]2[C@H](O)[C@H]1O. The molecular weight excluding hydrogens is 748 g/mol. The van der Waals surface area contributed by atoms with Crippen LogP contribution >= 0.6 is 11.6 Å². The monoisotopic (exact) mass is 796 g/mol. The number of carbonyl (C=O) groups is 1. The molecule has 0 spiro atoms. The first-order valence-electron chi connectivity index (χ1n) is 18.3. The molecule has 0 aromatic heterocycles. The number of carbonyl (C=O) groups excluding carboxylic acids is 1. The summed E-state index contributed by atoms with van der Waals surface area (Å²) in [7, 11) is 2.05. The summed E-state index contributed by atoms with van der Waals surface area (Å²) in [6, 6.07) is 19.3. The van der Waals surface area contributed by atoms with E-state index in [4.69, 9.17) is 35.3 Å². The number of rotatable bonds is 14. The number of aromatic hydroxyl groups is 1. The zero-order chi connectivity index (χ0) is 40.1. The highest BCUT2D eigenvalue weighted by molar-refractivity contribution is 6.32. The van der Waals surface area contributed by atoms with Gasteiger partial charge in [-0.15, -0.1) is 0 Å². The lowest BCUT2D eigenvalue weighted by molar-refractivity contribution is -0.168. The maximum atomic E-state index is 12.9. The summed E-state index contributed by atoms with van der Waals surface area (Å²) in [6.45, 7) is 4.61. The molecule has 2 heterocycles. The molecule has 2 saturated heterocycles. The van der Waals surface area contributed by atoms with Gasteiger partial charge in [0.2, 0.25) is 5.91 Å². The van der Waals surface area contributed by atoms with Crippen LogP contribution in [0.3, 0.4) is 0 Å². The molecule has 56 heavy (non-hydrogen) atoms. The maximum absolute atomic E-state index is 12.9. The summed E-state index contributed by atoms with van der Waals surface area (Å²) in [5, 5.41) is 66.7. The number of ether oxygens (including phenoxy) is 5. The van der Waals surface area contributed by atoms with Gasteiger partial charge in [-0.25, -0.2) is 0 Å². The molecule has 3 aliphatic rings. The van der Waals surface area contributed by atoms with Crippen LogP contribution in [0.15, 0.2) is 84.0 Å². The van der Waals surface area contributed by atoms with Crippen molar-refractivity contribution < 1.29 is 59.1 Å². The van der Waals surface area contributed by atoms with Crippen molar-refractivity contribution in [2.75, 3.05) is 20.4 Å². The summed E-state index contributed by atoms with van der Waals surface area (Å²) in [6.07, 6.45) is -7.44. The molecule has 2 aliphatic heterocycles. The summed E-state index contributed by atoms with van der Waals surface area (Å²) >= 11 is 6.53. The Kier molecular flexibility index (Phi) is 13.8. The Labute approximate surface area is 330 Å². The van der Waals surface area contributed by atoms with E-state index in [-0.39, 0.29) is 31.3 Å². The van der Waals surface area contributed by atoms with Crippen molar-refractivity contribution in [2.45, 2.75) is 94.7 Å². The van der Waals surface area contributed by atoms with E-state index in [2.05, 4.69) is 22.3 Å². The van der Waals surface area contributed by atoms with Crippen LogP contribution in [0.2, 0.25) is 5.02 Å². The molecule has 302 valence electrons. The lowest BCUT2D eigenvalue weighted by Gasteiger charge is -2.41. The Bertz CT molecular complexity index is 1880. The lowest BCUT2D eigenvalue weighted by Crippen LogP contribution is -2.67. The Morgan fingerprint density at radius 3 is 2.32 bits per heavy atom. The van der Waals surface area contributed by atoms with Crippen LogP contribution in [-0.2, 0) is 43.4 Å². The van der Waals surface area contributed by atoms with Crippen LogP contribution in [0, 0.1) is 0 Å². The van der Waals surface area contributed by atoms with Crippen LogP contribution in [0.5, 0.6) is 11.5 Å². The molecule has 3 aromatic rings. The Balaban J connectivity index is 0.974. The third kappa shape index (κ3) is 9.79. The van der Waals surface area contributed by atoms with Crippen LogP contribution in [-0.4, -0.2) is 123 Å². The number of halogens is 1. The predicted molar refractivity (Wildman–Crippen MR) is 204 cm³/mol. The van der Waals surface area contributed by atoms with Crippen molar-refractivity contribution in [3.05, 3.63) is 111 Å². The molecule has 1 unspecified atom stereocenters. The molecule has 1 saturated carbocycles. The van der Waals surface area contributed by atoms with E-state index in [1.807, 2.05) is 43.4 Å². The van der Waals surface area contributed by atoms with Gasteiger partial charge < -0.3 is 59.6 Å². The van der Waals surface area contributed by atoms with Gasteiger partial charge in [0, 0.05) is 24.2 Å². The first-order valence-corrected chi connectivity index (χ1v) is 18.7. The molecule has 1 aliphatic carbocycles. The minimum absolute atomic E-state index is 0.141. The van der Waals surface area contributed by atoms with Gasteiger partial charge in [-0.1, -0.05) is 60.1 Å². The van der Waals surface area contributed by atoms with Gasteiger partial charge in [-0.3, -0.25) is 9.69 Å². The van der Waals surface area contributed by atoms with Crippen LogP contribution in [0.25, 0.3) is 6.08 Å². The molecule has 15 heteroatoms. The number of amides is 1. The number of fused-ring (bicyclic) bond motifs is 1. The molecule has 1 amide bonds. The first-order chi connectivity index (χ1) is 26.8. The molecular formula is C41H49ClN2O12. The Morgan fingerprint density at radius 1 is 0.893 bits per heavy atom. The molecule has 7 N–H and O–H groups in total.